The molecule has 2 aromatic carbocycles. The monoisotopic (exact) mass is 509 g/mol. The molecule has 1 aliphatic heterocycles. The molecule has 2 N–H and O–H groups in total. The Morgan fingerprint density at radius 3 is 2.70 bits per heavy atom. The summed E-state index contributed by atoms with van der Waals surface area (Å²) >= 11 is 0. The Hall–Kier alpha value is -2.45. The third kappa shape index (κ3) is 7.77. The number of carbonyl (C=O) groups excluding carboxylic acids is 1. The average Bonchev–Trinajstić information content (AvgIpc) is 2.90. The van der Waals surface area contributed by atoms with E-state index in [-0.39, 0.29) is 24.5 Å². The molecule has 1 saturated carbocycles. The van der Waals surface area contributed by atoms with E-state index in [1.807, 2.05) is 36.2 Å². The van der Waals surface area contributed by atoms with Crippen LogP contribution in [-0.2, 0) is 22.7 Å². The summed E-state index contributed by atoms with van der Waals surface area (Å²) in [6, 6.07) is 14.9. The van der Waals surface area contributed by atoms with Crippen molar-refractivity contribution >= 4 is 11.6 Å². The first-order valence-electron chi connectivity index (χ1n) is 13.7. The maximum atomic E-state index is 13.3. The van der Waals surface area contributed by atoms with Crippen LogP contribution in [0, 0.1) is 12.8 Å². The van der Waals surface area contributed by atoms with Crippen molar-refractivity contribution in [2.45, 2.75) is 64.8 Å². The number of anilines is 1. The number of aliphatic hydroxyl groups excluding tert-OH is 1. The van der Waals surface area contributed by atoms with Crippen LogP contribution < -0.4 is 15.0 Å². The van der Waals surface area contributed by atoms with E-state index in [1.165, 1.54) is 11.1 Å². The number of amides is 1. The molecule has 1 aliphatic carbocycles. The predicted octanol–water partition coefficient (Wildman–Crippen LogP) is 3.90. The quantitative estimate of drug-likeness (QED) is 0.474. The molecule has 37 heavy (non-hydrogen) atoms. The summed E-state index contributed by atoms with van der Waals surface area (Å²) in [4.78, 5) is 17.7. The summed E-state index contributed by atoms with van der Waals surface area (Å²) < 4.78 is 11.6. The van der Waals surface area contributed by atoms with E-state index in [9.17, 15) is 4.79 Å². The van der Waals surface area contributed by atoms with E-state index in [4.69, 9.17) is 14.6 Å². The zero-order chi connectivity index (χ0) is 26.2. The van der Waals surface area contributed by atoms with Gasteiger partial charge in [0.2, 0.25) is 5.91 Å². The highest BCUT2D eigenvalue weighted by Gasteiger charge is 2.30. The van der Waals surface area contributed by atoms with Gasteiger partial charge >= 0.3 is 0 Å². The molecule has 0 unspecified atom stereocenters. The molecule has 2 aliphatic rings. The van der Waals surface area contributed by atoms with E-state index in [0.717, 1.165) is 68.9 Å². The van der Waals surface area contributed by atoms with E-state index in [2.05, 4.69) is 42.3 Å². The molecule has 7 heteroatoms. The number of nitrogens with zero attached hydrogens (tertiary/aromatic N) is 2. The zero-order valence-corrected chi connectivity index (χ0v) is 22.6. The molecule has 1 amide bonds. The number of piperazine rings is 1. The van der Waals surface area contributed by atoms with Gasteiger partial charge in [0.25, 0.3) is 0 Å². The standard InChI is InChI=1S/C30H43N3O4/c1-22-17-27(10-7-26(22)20-33-14-13-31-23(2)19-33)32(3)30(35)25-8-11-28(12-9-25)37-29-6-4-5-24(18-29)21-36-16-15-34/h4-7,10,17-18,23,25,28,31,34H,8-9,11-16,19-21H2,1-3H3/t23-,25-,28-/m0/s1. The first-order chi connectivity index (χ1) is 17.9. The van der Waals surface area contributed by atoms with Gasteiger partial charge < -0.3 is 24.8 Å². The maximum absolute atomic E-state index is 13.3. The normalized spacial score (nSPS) is 22.5. The molecule has 0 aromatic heterocycles. The van der Waals surface area contributed by atoms with Crippen LogP contribution in [-0.4, -0.2) is 68.0 Å². The number of carbonyl (C=O) groups is 1. The minimum Gasteiger partial charge on any atom is -0.490 e. The Labute approximate surface area is 221 Å². The van der Waals surface area contributed by atoms with Crippen LogP contribution in [0.15, 0.2) is 42.5 Å². The predicted molar refractivity (Wildman–Crippen MR) is 147 cm³/mol. The number of nitrogens with one attached hydrogen (secondary N) is 1. The molecular formula is C30H43N3O4. The van der Waals surface area contributed by atoms with E-state index in [0.29, 0.717) is 19.3 Å². The van der Waals surface area contributed by atoms with Crippen molar-refractivity contribution in [3.05, 3.63) is 59.2 Å². The number of ether oxygens (including phenoxy) is 2. The van der Waals surface area contributed by atoms with Crippen LogP contribution in [0.3, 0.4) is 0 Å². The topological polar surface area (TPSA) is 74.3 Å². The third-order valence-electron chi connectivity index (χ3n) is 7.62. The summed E-state index contributed by atoms with van der Waals surface area (Å²) in [7, 11) is 1.90. The van der Waals surface area contributed by atoms with Crippen LogP contribution in [0.4, 0.5) is 5.69 Å². The van der Waals surface area contributed by atoms with Crippen LogP contribution in [0.25, 0.3) is 0 Å². The Morgan fingerprint density at radius 2 is 1.97 bits per heavy atom. The molecule has 2 fully saturated rings. The van der Waals surface area contributed by atoms with E-state index in [1.54, 1.807) is 0 Å². The Balaban J connectivity index is 1.27. The lowest BCUT2D eigenvalue weighted by atomic mass is 9.86. The van der Waals surface area contributed by atoms with Gasteiger partial charge in [-0.05, 0) is 80.5 Å². The molecule has 202 valence electrons. The molecule has 0 radical (unpaired) electrons. The molecular weight excluding hydrogens is 466 g/mol. The lowest BCUT2D eigenvalue weighted by Crippen LogP contribution is -2.48. The number of rotatable bonds is 10. The van der Waals surface area contributed by atoms with Gasteiger partial charge in [-0.2, -0.15) is 0 Å². The summed E-state index contributed by atoms with van der Waals surface area (Å²) in [6.07, 6.45) is 3.54. The molecule has 0 bridgehead atoms. The van der Waals surface area contributed by atoms with Crippen LogP contribution in [0.1, 0.15) is 49.3 Å². The molecule has 1 saturated heterocycles. The lowest BCUT2D eigenvalue weighted by Gasteiger charge is -2.32. The number of aryl methyl sites for hydroxylation is 1. The van der Waals surface area contributed by atoms with Gasteiger partial charge in [0, 0.05) is 50.9 Å². The number of hydrogen-bond acceptors (Lipinski definition) is 6. The van der Waals surface area contributed by atoms with Crippen molar-refractivity contribution in [2.75, 3.05) is 44.8 Å². The maximum Gasteiger partial charge on any atom is 0.229 e. The highest BCUT2D eigenvalue weighted by atomic mass is 16.5. The average molecular weight is 510 g/mol. The van der Waals surface area contributed by atoms with Gasteiger partial charge in [-0.1, -0.05) is 18.2 Å². The van der Waals surface area contributed by atoms with Gasteiger partial charge in [-0.15, -0.1) is 0 Å². The van der Waals surface area contributed by atoms with Crippen molar-refractivity contribution in [3.63, 3.8) is 0 Å². The van der Waals surface area contributed by atoms with E-state index >= 15 is 0 Å². The van der Waals surface area contributed by atoms with E-state index < -0.39 is 0 Å². The second kappa shape index (κ2) is 13.4. The van der Waals surface area contributed by atoms with Gasteiger partial charge in [0.05, 0.1) is 25.9 Å². The molecule has 1 atom stereocenters. The largest absolute Gasteiger partial charge is 0.490 e. The van der Waals surface area contributed by atoms with Gasteiger partial charge in [-0.25, -0.2) is 0 Å². The summed E-state index contributed by atoms with van der Waals surface area (Å²) in [6.45, 7) is 9.33. The van der Waals surface area contributed by atoms with Crippen molar-refractivity contribution in [2.24, 2.45) is 5.92 Å². The summed E-state index contributed by atoms with van der Waals surface area (Å²) in [5.41, 5.74) is 4.57. The second-order valence-corrected chi connectivity index (χ2v) is 10.6. The molecule has 1 heterocycles. The Bertz CT molecular complexity index is 1020. The fourth-order valence-electron chi connectivity index (χ4n) is 5.45. The zero-order valence-electron chi connectivity index (χ0n) is 22.6. The minimum atomic E-state index is 0.0223. The fraction of sp³-hybridized carbons (Fsp3) is 0.567. The molecule has 0 spiro atoms. The first-order valence-corrected chi connectivity index (χ1v) is 13.7. The highest BCUT2D eigenvalue weighted by molar-refractivity contribution is 5.94. The minimum absolute atomic E-state index is 0.0223. The van der Waals surface area contributed by atoms with Crippen LogP contribution >= 0.6 is 0 Å². The second-order valence-electron chi connectivity index (χ2n) is 10.6. The number of aliphatic hydroxyl groups is 1. The van der Waals surface area contributed by atoms with Gasteiger partial charge in [0.15, 0.2) is 0 Å². The lowest BCUT2D eigenvalue weighted by molar-refractivity contribution is -0.123. The van der Waals surface area contributed by atoms with Crippen LogP contribution in [0.5, 0.6) is 5.75 Å². The molecule has 4 rings (SSSR count). The smallest absolute Gasteiger partial charge is 0.229 e. The number of benzene rings is 2. The summed E-state index contributed by atoms with van der Waals surface area (Å²) in [5, 5.41) is 12.4. The fourth-order valence-corrected chi connectivity index (χ4v) is 5.45. The van der Waals surface area contributed by atoms with Gasteiger partial charge in [0.1, 0.15) is 5.75 Å². The van der Waals surface area contributed by atoms with Crippen molar-refractivity contribution < 1.29 is 19.4 Å². The number of hydrogen-bond donors (Lipinski definition) is 2. The Kier molecular flexibility index (Phi) is 9.97. The molecule has 2 aromatic rings. The van der Waals surface area contributed by atoms with Crippen molar-refractivity contribution in [1.82, 2.24) is 10.2 Å². The van der Waals surface area contributed by atoms with Gasteiger partial charge in [-0.3, -0.25) is 9.69 Å². The molecule has 7 nitrogen and oxygen atoms in total. The first kappa shape index (κ1) is 27.6. The summed E-state index contributed by atoms with van der Waals surface area (Å²) in [5.74, 6) is 1.07. The van der Waals surface area contributed by atoms with Crippen molar-refractivity contribution in [1.29, 1.82) is 0 Å². The highest BCUT2D eigenvalue weighted by Crippen LogP contribution is 2.31. The third-order valence-corrected chi connectivity index (χ3v) is 7.62. The van der Waals surface area contributed by atoms with Crippen molar-refractivity contribution in [3.8, 4) is 5.75 Å². The Morgan fingerprint density at radius 1 is 1.16 bits per heavy atom. The van der Waals surface area contributed by atoms with Crippen LogP contribution in [0.2, 0.25) is 0 Å². The SMILES string of the molecule is Cc1cc(N(C)C(=O)[C@H]2CC[C@H](Oc3cccc(COCCO)c3)CC2)ccc1CN1CCN[C@@H](C)C1.